The van der Waals surface area contributed by atoms with E-state index < -0.39 is 0 Å². The molecule has 0 spiro atoms. The van der Waals surface area contributed by atoms with E-state index in [4.69, 9.17) is 9.63 Å². The number of nitrogens with one attached hydrogen (secondary N) is 1. The standard InChI is InChI=1S/C19H19N5O3/c1-4-8-24-15(10-20-16(24)5-2)19(26)21-14-9-13(7-6-12(14)3)18-22-17(11-25)27-23-18/h4-10,25H,2,11H2,1,3H3,(H,21,26)/b8-4-. The van der Waals surface area contributed by atoms with Gasteiger partial charge in [-0.1, -0.05) is 29.9 Å². The maximum absolute atomic E-state index is 12.8. The molecule has 0 bridgehead atoms. The van der Waals surface area contributed by atoms with Gasteiger partial charge in [-0.3, -0.25) is 9.36 Å². The lowest BCUT2D eigenvalue weighted by atomic mass is 10.1. The van der Waals surface area contributed by atoms with Crippen LogP contribution in [0.25, 0.3) is 23.7 Å². The fourth-order valence-electron chi connectivity index (χ4n) is 2.52. The minimum Gasteiger partial charge on any atom is -0.387 e. The third-order valence-electron chi connectivity index (χ3n) is 3.89. The van der Waals surface area contributed by atoms with Gasteiger partial charge in [0.05, 0.1) is 6.20 Å². The van der Waals surface area contributed by atoms with Crippen LogP contribution in [-0.2, 0) is 6.61 Å². The summed E-state index contributed by atoms with van der Waals surface area (Å²) in [7, 11) is 0. The predicted octanol–water partition coefficient (Wildman–Crippen LogP) is 3.12. The van der Waals surface area contributed by atoms with Gasteiger partial charge in [-0.25, -0.2) is 4.98 Å². The smallest absolute Gasteiger partial charge is 0.274 e. The molecular formula is C19H19N5O3. The first-order chi connectivity index (χ1) is 13.1. The molecule has 0 saturated carbocycles. The van der Waals surface area contributed by atoms with Crippen LogP contribution in [0.1, 0.15) is 34.7 Å². The molecule has 0 aliphatic heterocycles. The molecule has 0 aliphatic carbocycles. The van der Waals surface area contributed by atoms with Crippen molar-refractivity contribution in [2.24, 2.45) is 0 Å². The Kier molecular flexibility index (Phi) is 5.28. The highest BCUT2D eigenvalue weighted by Crippen LogP contribution is 2.24. The zero-order chi connectivity index (χ0) is 19.4. The van der Waals surface area contributed by atoms with Crippen LogP contribution in [0.15, 0.2) is 41.6 Å². The van der Waals surface area contributed by atoms with Crippen LogP contribution in [0.2, 0.25) is 0 Å². The van der Waals surface area contributed by atoms with Crippen LogP contribution in [-0.4, -0.2) is 30.7 Å². The number of aliphatic hydroxyl groups excluding tert-OH is 1. The van der Waals surface area contributed by atoms with Crippen molar-refractivity contribution in [2.75, 3.05) is 5.32 Å². The summed E-state index contributed by atoms with van der Waals surface area (Å²) in [6.07, 6.45) is 6.64. The summed E-state index contributed by atoms with van der Waals surface area (Å²) >= 11 is 0. The molecule has 8 nitrogen and oxygen atoms in total. The van der Waals surface area contributed by atoms with E-state index in [0.717, 1.165) is 5.56 Å². The summed E-state index contributed by atoms with van der Waals surface area (Å²) in [5.74, 6) is 0.732. The van der Waals surface area contributed by atoms with Crippen molar-refractivity contribution in [3.05, 3.63) is 60.0 Å². The van der Waals surface area contributed by atoms with Gasteiger partial charge < -0.3 is 14.9 Å². The Morgan fingerprint density at radius 3 is 2.93 bits per heavy atom. The van der Waals surface area contributed by atoms with Gasteiger partial charge in [0.25, 0.3) is 11.8 Å². The van der Waals surface area contributed by atoms with Crippen LogP contribution in [0, 0.1) is 6.92 Å². The van der Waals surface area contributed by atoms with Gasteiger partial charge in [0.2, 0.25) is 5.82 Å². The molecule has 0 radical (unpaired) electrons. The van der Waals surface area contributed by atoms with E-state index in [1.54, 1.807) is 22.9 Å². The number of benzene rings is 1. The average Bonchev–Trinajstić information content (AvgIpc) is 3.30. The maximum atomic E-state index is 12.8. The molecule has 1 aromatic carbocycles. The molecule has 0 atom stereocenters. The summed E-state index contributed by atoms with van der Waals surface area (Å²) in [4.78, 5) is 21.0. The first kappa shape index (κ1) is 18.3. The molecule has 1 amide bonds. The predicted molar refractivity (Wildman–Crippen MR) is 102 cm³/mol. The number of carbonyl (C=O) groups excluding carboxylic acids is 1. The minimum absolute atomic E-state index is 0.128. The maximum Gasteiger partial charge on any atom is 0.274 e. The molecule has 3 aromatic rings. The Morgan fingerprint density at radius 2 is 2.26 bits per heavy atom. The molecule has 138 valence electrons. The van der Waals surface area contributed by atoms with E-state index in [9.17, 15) is 4.79 Å². The molecule has 0 fully saturated rings. The largest absolute Gasteiger partial charge is 0.387 e. The zero-order valence-corrected chi connectivity index (χ0v) is 15.0. The van der Waals surface area contributed by atoms with Crippen LogP contribution in [0.3, 0.4) is 0 Å². The number of imidazole rings is 1. The second kappa shape index (κ2) is 7.79. The number of hydrogen-bond acceptors (Lipinski definition) is 6. The van der Waals surface area contributed by atoms with Crippen molar-refractivity contribution in [2.45, 2.75) is 20.5 Å². The van der Waals surface area contributed by atoms with E-state index in [-0.39, 0.29) is 18.4 Å². The van der Waals surface area contributed by atoms with Crippen LogP contribution in [0.4, 0.5) is 5.69 Å². The quantitative estimate of drug-likeness (QED) is 0.695. The molecule has 2 heterocycles. The fourth-order valence-corrected chi connectivity index (χ4v) is 2.52. The Labute approximate surface area is 155 Å². The highest BCUT2D eigenvalue weighted by molar-refractivity contribution is 6.04. The second-order valence-corrected chi connectivity index (χ2v) is 5.71. The first-order valence-electron chi connectivity index (χ1n) is 8.25. The number of anilines is 1. The highest BCUT2D eigenvalue weighted by atomic mass is 16.5. The molecular weight excluding hydrogens is 346 g/mol. The van der Waals surface area contributed by atoms with E-state index in [0.29, 0.717) is 28.6 Å². The number of hydrogen-bond donors (Lipinski definition) is 2. The summed E-state index contributed by atoms with van der Waals surface area (Å²) in [5.41, 5.74) is 2.53. The van der Waals surface area contributed by atoms with Crippen molar-refractivity contribution >= 4 is 23.9 Å². The third-order valence-corrected chi connectivity index (χ3v) is 3.89. The lowest BCUT2D eigenvalue weighted by Crippen LogP contribution is -2.16. The Hall–Kier alpha value is -3.52. The summed E-state index contributed by atoms with van der Waals surface area (Å²) in [5, 5.41) is 15.8. The Bertz CT molecular complexity index is 1020. The van der Waals surface area contributed by atoms with Crippen LogP contribution >= 0.6 is 0 Å². The monoisotopic (exact) mass is 365 g/mol. The van der Waals surface area contributed by atoms with E-state index in [1.165, 1.54) is 6.20 Å². The topological polar surface area (TPSA) is 106 Å². The lowest BCUT2D eigenvalue weighted by molar-refractivity contribution is 0.102. The van der Waals surface area contributed by atoms with Gasteiger partial charge in [-0.2, -0.15) is 4.98 Å². The van der Waals surface area contributed by atoms with Crippen molar-refractivity contribution in [3.63, 3.8) is 0 Å². The molecule has 27 heavy (non-hydrogen) atoms. The molecule has 8 heteroatoms. The zero-order valence-electron chi connectivity index (χ0n) is 15.0. The second-order valence-electron chi connectivity index (χ2n) is 5.71. The number of allylic oxidation sites excluding steroid dienone is 1. The number of aryl methyl sites for hydroxylation is 1. The molecule has 3 rings (SSSR count). The van der Waals surface area contributed by atoms with E-state index >= 15 is 0 Å². The van der Waals surface area contributed by atoms with Gasteiger partial charge in [0.1, 0.15) is 18.1 Å². The van der Waals surface area contributed by atoms with E-state index in [2.05, 4.69) is 27.0 Å². The molecule has 2 aromatic heterocycles. The van der Waals surface area contributed by atoms with Gasteiger partial charge in [-0.15, -0.1) is 0 Å². The molecule has 2 N–H and O–H groups in total. The van der Waals surface area contributed by atoms with Crippen molar-refractivity contribution in [1.82, 2.24) is 19.7 Å². The van der Waals surface area contributed by atoms with Crippen molar-refractivity contribution < 1.29 is 14.4 Å². The average molecular weight is 365 g/mol. The summed E-state index contributed by atoms with van der Waals surface area (Å²) < 4.78 is 6.58. The lowest BCUT2D eigenvalue weighted by Gasteiger charge is -2.10. The Morgan fingerprint density at radius 1 is 1.44 bits per heavy atom. The SMILES string of the molecule is C=Cc1ncc(C(=O)Nc2cc(-c3noc(CO)n3)ccc2C)n1/C=C\C. The van der Waals surface area contributed by atoms with Gasteiger partial charge in [0, 0.05) is 17.5 Å². The van der Waals surface area contributed by atoms with Crippen molar-refractivity contribution in [1.29, 1.82) is 0 Å². The molecule has 0 aliphatic rings. The fraction of sp³-hybridized carbons (Fsp3) is 0.158. The number of aromatic nitrogens is 4. The number of aliphatic hydroxyl groups is 1. The van der Waals surface area contributed by atoms with Crippen molar-refractivity contribution in [3.8, 4) is 11.4 Å². The number of carbonyl (C=O) groups is 1. The number of rotatable bonds is 6. The number of nitrogens with zero attached hydrogens (tertiary/aromatic N) is 4. The first-order valence-corrected chi connectivity index (χ1v) is 8.25. The molecule has 0 unspecified atom stereocenters. The van der Waals surface area contributed by atoms with Gasteiger partial charge in [-0.05, 0) is 31.6 Å². The minimum atomic E-state index is -0.330. The van der Waals surface area contributed by atoms with Crippen LogP contribution < -0.4 is 5.32 Å². The number of amides is 1. The highest BCUT2D eigenvalue weighted by Gasteiger charge is 2.16. The van der Waals surface area contributed by atoms with Gasteiger partial charge >= 0.3 is 0 Å². The van der Waals surface area contributed by atoms with Crippen LogP contribution in [0.5, 0.6) is 0 Å². The normalized spacial score (nSPS) is 11.1. The van der Waals surface area contributed by atoms with Gasteiger partial charge in [0.15, 0.2) is 0 Å². The summed E-state index contributed by atoms with van der Waals surface area (Å²) in [6, 6.07) is 5.42. The third kappa shape index (κ3) is 3.70. The molecule has 0 saturated heterocycles. The van der Waals surface area contributed by atoms with E-state index in [1.807, 2.05) is 32.1 Å². The Balaban J connectivity index is 1.91. The summed E-state index contributed by atoms with van der Waals surface area (Å²) in [6.45, 7) is 7.12.